The molecule has 0 aromatic heterocycles. The highest BCUT2D eigenvalue weighted by Gasteiger charge is 2.57. The van der Waals surface area contributed by atoms with Crippen molar-refractivity contribution < 1.29 is 22.8 Å². The molecule has 1 unspecified atom stereocenters. The first-order valence-corrected chi connectivity index (χ1v) is 15.0. The number of anilines is 1. The standard InChI is InChI=1S/C29H33N3O5S/c30-38(36,37)24-8-6-19(7-9-24)10-11-31(25-15-26(33)32(27(25)34)23-4-2-1-3-5-23)28(35)29-16-20-12-21(17-29)14-22(13-20)18-29/h1-9,20-22,25H,10-18H2,(H2,30,36,37). The summed E-state index contributed by atoms with van der Waals surface area (Å²) in [5.41, 5.74) is 0.901. The van der Waals surface area contributed by atoms with Crippen LogP contribution in [-0.4, -0.2) is 43.6 Å². The first-order chi connectivity index (χ1) is 18.1. The number of carbonyl (C=O) groups is 3. The summed E-state index contributed by atoms with van der Waals surface area (Å²) < 4.78 is 23.3. The quantitative estimate of drug-likeness (QED) is 0.546. The minimum atomic E-state index is -3.80. The topological polar surface area (TPSA) is 118 Å². The summed E-state index contributed by atoms with van der Waals surface area (Å²) in [6.07, 6.45) is 6.61. The predicted octanol–water partition coefficient (Wildman–Crippen LogP) is 3.25. The molecule has 5 fully saturated rings. The molecule has 8 nitrogen and oxygen atoms in total. The van der Waals surface area contributed by atoms with Crippen LogP contribution in [0.5, 0.6) is 0 Å². The average molecular weight is 536 g/mol. The first kappa shape index (κ1) is 25.2. The zero-order chi connectivity index (χ0) is 26.7. The fourth-order valence-electron chi connectivity index (χ4n) is 7.88. The van der Waals surface area contributed by atoms with Crippen LogP contribution in [0.2, 0.25) is 0 Å². The van der Waals surface area contributed by atoms with Gasteiger partial charge in [0.1, 0.15) is 6.04 Å². The Bertz CT molecular complexity index is 1340. The molecule has 1 saturated heterocycles. The van der Waals surface area contributed by atoms with E-state index in [1.807, 2.05) is 6.07 Å². The molecule has 7 rings (SSSR count). The van der Waals surface area contributed by atoms with Crippen LogP contribution >= 0.6 is 0 Å². The monoisotopic (exact) mass is 535 g/mol. The number of hydrogen-bond donors (Lipinski definition) is 1. The summed E-state index contributed by atoms with van der Waals surface area (Å²) in [5.74, 6) is 1.06. The van der Waals surface area contributed by atoms with E-state index in [-0.39, 0.29) is 35.6 Å². The molecule has 2 aromatic rings. The van der Waals surface area contributed by atoms with E-state index in [4.69, 9.17) is 5.14 Å². The van der Waals surface area contributed by atoms with E-state index in [0.29, 0.717) is 29.9 Å². The predicted molar refractivity (Wildman–Crippen MR) is 141 cm³/mol. The number of hydrogen-bond acceptors (Lipinski definition) is 5. The van der Waals surface area contributed by atoms with Crippen LogP contribution in [0.25, 0.3) is 0 Å². The van der Waals surface area contributed by atoms with Gasteiger partial charge in [-0.05, 0) is 92.5 Å². The van der Waals surface area contributed by atoms with Gasteiger partial charge in [0.05, 0.1) is 22.4 Å². The van der Waals surface area contributed by atoms with Crippen molar-refractivity contribution in [2.24, 2.45) is 28.3 Å². The highest BCUT2D eigenvalue weighted by molar-refractivity contribution is 7.89. The highest BCUT2D eigenvalue weighted by Crippen LogP contribution is 2.60. The molecule has 1 heterocycles. The molecule has 4 aliphatic carbocycles. The van der Waals surface area contributed by atoms with Gasteiger partial charge in [0, 0.05) is 6.54 Å². The second-order valence-electron chi connectivity index (χ2n) is 11.8. The first-order valence-electron chi connectivity index (χ1n) is 13.5. The van der Waals surface area contributed by atoms with Gasteiger partial charge >= 0.3 is 0 Å². The zero-order valence-electron chi connectivity index (χ0n) is 21.3. The Hall–Kier alpha value is -3.04. The number of rotatable bonds is 7. The van der Waals surface area contributed by atoms with E-state index in [1.165, 1.54) is 36.3 Å². The van der Waals surface area contributed by atoms with E-state index in [0.717, 1.165) is 24.8 Å². The van der Waals surface area contributed by atoms with E-state index >= 15 is 0 Å². The lowest BCUT2D eigenvalue weighted by molar-refractivity contribution is -0.161. The maximum absolute atomic E-state index is 14.4. The van der Waals surface area contributed by atoms with Gasteiger partial charge in [-0.15, -0.1) is 0 Å². The lowest BCUT2D eigenvalue weighted by atomic mass is 9.49. The molecular formula is C29H33N3O5S. The number of primary sulfonamides is 1. The number of benzene rings is 2. The van der Waals surface area contributed by atoms with Gasteiger partial charge in [0.25, 0.3) is 5.91 Å². The second kappa shape index (κ2) is 9.31. The lowest BCUT2D eigenvalue weighted by Crippen LogP contribution is -2.58. The fourth-order valence-corrected chi connectivity index (χ4v) is 8.39. The van der Waals surface area contributed by atoms with Crippen molar-refractivity contribution in [3.8, 4) is 0 Å². The molecule has 1 atom stereocenters. The molecule has 1 aliphatic heterocycles. The van der Waals surface area contributed by atoms with Crippen molar-refractivity contribution in [3.05, 3.63) is 60.2 Å². The minimum Gasteiger partial charge on any atom is -0.329 e. The third-order valence-corrected chi connectivity index (χ3v) is 10.1. The molecule has 0 spiro atoms. The summed E-state index contributed by atoms with van der Waals surface area (Å²) in [7, 11) is -3.80. The van der Waals surface area contributed by atoms with Crippen LogP contribution in [0.15, 0.2) is 59.5 Å². The summed E-state index contributed by atoms with van der Waals surface area (Å²) >= 11 is 0. The van der Waals surface area contributed by atoms with E-state index in [9.17, 15) is 22.8 Å². The number of imide groups is 1. The molecular weight excluding hydrogens is 502 g/mol. The van der Waals surface area contributed by atoms with E-state index in [2.05, 4.69) is 0 Å². The average Bonchev–Trinajstić information content (AvgIpc) is 3.17. The SMILES string of the molecule is NS(=O)(=O)c1ccc(CCN(C(=O)C23CC4CC(CC(C4)C2)C3)C2CC(=O)N(c3ccccc3)C2=O)cc1. The zero-order valence-corrected chi connectivity index (χ0v) is 22.1. The molecule has 38 heavy (non-hydrogen) atoms. The van der Waals surface area contributed by atoms with Crippen LogP contribution in [0.4, 0.5) is 5.69 Å². The van der Waals surface area contributed by atoms with Crippen molar-refractivity contribution in [3.63, 3.8) is 0 Å². The third kappa shape index (κ3) is 4.45. The summed E-state index contributed by atoms with van der Waals surface area (Å²) in [4.78, 5) is 44.1. The van der Waals surface area contributed by atoms with Gasteiger partial charge in [-0.3, -0.25) is 14.4 Å². The van der Waals surface area contributed by atoms with Gasteiger partial charge in [0.2, 0.25) is 21.8 Å². The van der Waals surface area contributed by atoms with Crippen molar-refractivity contribution in [1.82, 2.24) is 4.90 Å². The van der Waals surface area contributed by atoms with Gasteiger partial charge in [-0.1, -0.05) is 30.3 Å². The highest BCUT2D eigenvalue weighted by atomic mass is 32.2. The fraction of sp³-hybridized carbons (Fsp3) is 0.483. The minimum absolute atomic E-state index is 0.0128. The van der Waals surface area contributed by atoms with Gasteiger partial charge in [-0.25, -0.2) is 18.5 Å². The third-order valence-electron chi connectivity index (χ3n) is 9.16. The molecule has 0 radical (unpaired) electrons. The number of nitrogens with two attached hydrogens (primary N) is 1. The van der Waals surface area contributed by atoms with E-state index < -0.39 is 21.5 Å². The van der Waals surface area contributed by atoms with Crippen molar-refractivity contribution in [2.75, 3.05) is 11.4 Å². The van der Waals surface area contributed by atoms with Gasteiger partial charge in [-0.2, -0.15) is 0 Å². The number of para-hydroxylation sites is 1. The molecule has 2 N–H and O–H groups in total. The van der Waals surface area contributed by atoms with Crippen molar-refractivity contribution in [1.29, 1.82) is 0 Å². The van der Waals surface area contributed by atoms with Crippen molar-refractivity contribution in [2.45, 2.75) is 62.3 Å². The Labute approximate surface area is 223 Å². The number of amides is 3. The maximum atomic E-state index is 14.4. The molecule has 9 heteroatoms. The van der Waals surface area contributed by atoms with Crippen LogP contribution in [0.1, 0.15) is 50.5 Å². The Kier molecular flexibility index (Phi) is 6.18. The number of nitrogens with zero attached hydrogens (tertiary/aromatic N) is 2. The Balaban J connectivity index is 1.29. The molecule has 2 aromatic carbocycles. The van der Waals surface area contributed by atoms with Crippen LogP contribution in [-0.2, 0) is 30.8 Å². The smallest absolute Gasteiger partial charge is 0.257 e. The normalized spacial score (nSPS) is 30.2. The number of sulfonamides is 1. The van der Waals surface area contributed by atoms with E-state index in [1.54, 1.807) is 41.3 Å². The molecule has 4 bridgehead atoms. The van der Waals surface area contributed by atoms with Crippen LogP contribution < -0.4 is 10.0 Å². The maximum Gasteiger partial charge on any atom is 0.257 e. The Morgan fingerprint density at radius 2 is 1.50 bits per heavy atom. The molecule has 200 valence electrons. The number of carbonyl (C=O) groups excluding carboxylic acids is 3. The van der Waals surface area contributed by atoms with Crippen LogP contribution in [0.3, 0.4) is 0 Å². The van der Waals surface area contributed by atoms with Crippen molar-refractivity contribution >= 4 is 33.4 Å². The second-order valence-corrected chi connectivity index (χ2v) is 13.3. The van der Waals surface area contributed by atoms with Crippen LogP contribution in [0, 0.1) is 23.2 Å². The summed E-state index contributed by atoms with van der Waals surface area (Å²) in [6, 6.07) is 14.3. The largest absolute Gasteiger partial charge is 0.329 e. The Morgan fingerprint density at radius 3 is 2.05 bits per heavy atom. The Morgan fingerprint density at radius 1 is 0.921 bits per heavy atom. The summed E-state index contributed by atoms with van der Waals surface area (Å²) in [5, 5.41) is 5.23. The van der Waals surface area contributed by atoms with Gasteiger partial charge < -0.3 is 4.90 Å². The molecule has 5 aliphatic rings. The molecule has 4 saturated carbocycles. The molecule has 3 amide bonds. The van der Waals surface area contributed by atoms with Gasteiger partial charge in [0.15, 0.2) is 0 Å². The summed E-state index contributed by atoms with van der Waals surface area (Å²) in [6.45, 7) is 0.279. The lowest BCUT2D eigenvalue weighted by Gasteiger charge is -2.57.